The Morgan fingerprint density at radius 1 is 1.38 bits per heavy atom. The zero-order valence-corrected chi connectivity index (χ0v) is 10.5. The summed E-state index contributed by atoms with van der Waals surface area (Å²) in [6.07, 6.45) is 5.39. The predicted octanol–water partition coefficient (Wildman–Crippen LogP) is 0.853. The van der Waals surface area contributed by atoms with Crippen molar-refractivity contribution in [3.63, 3.8) is 0 Å². The Balaban J connectivity index is 2.05. The third kappa shape index (κ3) is 5.80. The van der Waals surface area contributed by atoms with E-state index in [0.717, 1.165) is 39.4 Å². The summed E-state index contributed by atoms with van der Waals surface area (Å²) in [7, 11) is 1.74. The fraction of sp³-hybridized carbons (Fsp3) is 1.00. The van der Waals surface area contributed by atoms with Gasteiger partial charge in [0.2, 0.25) is 0 Å². The number of nitrogens with zero attached hydrogens (tertiary/aromatic N) is 1. The molecule has 0 aromatic carbocycles. The monoisotopic (exact) mass is 230 g/mol. The number of nitrogens with two attached hydrogens (primary N) is 1. The molecule has 1 saturated heterocycles. The summed E-state index contributed by atoms with van der Waals surface area (Å²) in [5, 5.41) is 0. The average molecular weight is 230 g/mol. The third-order valence-corrected chi connectivity index (χ3v) is 3.08. The van der Waals surface area contributed by atoms with Crippen molar-refractivity contribution >= 4 is 0 Å². The minimum Gasteiger partial charge on any atom is -0.383 e. The van der Waals surface area contributed by atoms with Crippen LogP contribution in [0.1, 0.15) is 25.7 Å². The fourth-order valence-corrected chi connectivity index (χ4v) is 2.15. The molecule has 1 fully saturated rings. The van der Waals surface area contributed by atoms with E-state index >= 15 is 0 Å². The molecule has 1 aliphatic rings. The van der Waals surface area contributed by atoms with E-state index in [-0.39, 0.29) is 0 Å². The van der Waals surface area contributed by atoms with Crippen molar-refractivity contribution < 1.29 is 9.47 Å². The first-order valence-corrected chi connectivity index (χ1v) is 6.39. The molecule has 1 atom stereocenters. The Morgan fingerprint density at radius 2 is 2.25 bits per heavy atom. The molecule has 0 bridgehead atoms. The zero-order valence-electron chi connectivity index (χ0n) is 10.5. The van der Waals surface area contributed by atoms with Crippen molar-refractivity contribution in [2.75, 3.05) is 46.5 Å². The van der Waals surface area contributed by atoms with Crippen LogP contribution in [-0.4, -0.2) is 57.5 Å². The second-order valence-corrected chi connectivity index (χ2v) is 4.40. The fourth-order valence-electron chi connectivity index (χ4n) is 2.15. The average Bonchev–Trinajstić information content (AvgIpc) is 2.79. The highest BCUT2D eigenvalue weighted by atomic mass is 16.5. The lowest BCUT2D eigenvalue weighted by molar-refractivity contribution is 0.0961. The molecular formula is C12H26N2O2. The van der Waals surface area contributed by atoms with Gasteiger partial charge in [0.25, 0.3) is 0 Å². The van der Waals surface area contributed by atoms with Crippen molar-refractivity contribution in [1.82, 2.24) is 4.90 Å². The SMILES string of the molecule is COCCN(CCN)CCCC1CCCO1. The Morgan fingerprint density at radius 3 is 2.88 bits per heavy atom. The van der Waals surface area contributed by atoms with E-state index in [2.05, 4.69) is 4.90 Å². The molecule has 0 aromatic heterocycles. The van der Waals surface area contributed by atoms with Gasteiger partial charge in [0.1, 0.15) is 0 Å². The highest BCUT2D eigenvalue weighted by molar-refractivity contribution is 4.66. The van der Waals surface area contributed by atoms with Gasteiger partial charge in [0, 0.05) is 33.4 Å². The first-order valence-electron chi connectivity index (χ1n) is 6.39. The van der Waals surface area contributed by atoms with E-state index in [1.54, 1.807) is 7.11 Å². The first-order chi connectivity index (χ1) is 7.86. The molecule has 0 amide bonds. The molecular weight excluding hydrogens is 204 g/mol. The normalized spacial score (nSPS) is 20.8. The van der Waals surface area contributed by atoms with Gasteiger partial charge < -0.3 is 15.2 Å². The highest BCUT2D eigenvalue weighted by Crippen LogP contribution is 2.16. The number of rotatable bonds is 9. The molecule has 1 rings (SSSR count). The van der Waals surface area contributed by atoms with Crippen LogP contribution in [0.5, 0.6) is 0 Å². The number of hydrogen-bond acceptors (Lipinski definition) is 4. The Bertz CT molecular complexity index is 161. The second kappa shape index (κ2) is 8.93. The first kappa shape index (κ1) is 13.9. The van der Waals surface area contributed by atoms with E-state index < -0.39 is 0 Å². The molecule has 1 aliphatic heterocycles. The van der Waals surface area contributed by atoms with Gasteiger partial charge in [0.05, 0.1) is 12.7 Å². The Labute approximate surface area is 99.1 Å². The van der Waals surface area contributed by atoms with Crippen LogP contribution in [0.2, 0.25) is 0 Å². The molecule has 0 saturated carbocycles. The van der Waals surface area contributed by atoms with E-state index in [0.29, 0.717) is 6.10 Å². The smallest absolute Gasteiger partial charge is 0.0589 e. The minimum atomic E-state index is 0.516. The quantitative estimate of drug-likeness (QED) is 0.638. The third-order valence-electron chi connectivity index (χ3n) is 3.08. The lowest BCUT2D eigenvalue weighted by Gasteiger charge is -2.21. The van der Waals surface area contributed by atoms with E-state index in [9.17, 15) is 0 Å². The molecule has 16 heavy (non-hydrogen) atoms. The van der Waals surface area contributed by atoms with E-state index in [1.165, 1.54) is 25.7 Å². The van der Waals surface area contributed by atoms with E-state index in [1.807, 2.05) is 0 Å². The van der Waals surface area contributed by atoms with Gasteiger partial charge in [-0.15, -0.1) is 0 Å². The molecule has 0 aliphatic carbocycles. The van der Waals surface area contributed by atoms with Gasteiger partial charge in [-0.2, -0.15) is 0 Å². The number of ether oxygens (including phenoxy) is 2. The summed E-state index contributed by atoms with van der Waals surface area (Å²) in [4.78, 5) is 2.37. The van der Waals surface area contributed by atoms with Gasteiger partial charge in [-0.3, -0.25) is 4.90 Å². The molecule has 4 nitrogen and oxygen atoms in total. The van der Waals surface area contributed by atoms with Crippen molar-refractivity contribution in [2.24, 2.45) is 5.73 Å². The predicted molar refractivity (Wildman–Crippen MR) is 65.6 cm³/mol. The Kier molecular flexibility index (Phi) is 7.76. The van der Waals surface area contributed by atoms with Gasteiger partial charge in [-0.05, 0) is 32.2 Å². The van der Waals surface area contributed by atoms with Crippen LogP contribution >= 0.6 is 0 Å². The summed E-state index contributed by atoms with van der Waals surface area (Å²) in [5.41, 5.74) is 5.59. The van der Waals surface area contributed by atoms with Crippen molar-refractivity contribution in [3.8, 4) is 0 Å². The summed E-state index contributed by atoms with van der Waals surface area (Å²) in [5.74, 6) is 0. The molecule has 1 unspecified atom stereocenters. The van der Waals surface area contributed by atoms with Crippen LogP contribution in [0.25, 0.3) is 0 Å². The molecule has 0 spiro atoms. The molecule has 2 N–H and O–H groups in total. The standard InChI is InChI=1S/C12H26N2O2/c1-15-11-9-14(8-6-13)7-2-4-12-5-3-10-16-12/h12H,2-11,13H2,1H3. The molecule has 4 heteroatoms. The van der Waals surface area contributed by atoms with Gasteiger partial charge in [-0.25, -0.2) is 0 Å². The maximum absolute atomic E-state index is 5.61. The maximum Gasteiger partial charge on any atom is 0.0589 e. The Hall–Kier alpha value is -0.160. The lowest BCUT2D eigenvalue weighted by atomic mass is 10.1. The van der Waals surface area contributed by atoms with Gasteiger partial charge in [0.15, 0.2) is 0 Å². The zero-order chi connectivity index (χ0) is 11.6. The highest BCUT2D eigenvalue weighted by Gasteiger charge is 2.15. The van der Waals surface area contributed by atoms with Crippen molar-refractivity contribution in [3.05, 3.63) is 0 Å². The molecule has 96 valence electrons. The van der Waals surface area contributed by atoms with Crippen LogP contribution in [-0.2, 0) is 9.47 Å². The maximum atomic E-state index is 5.61. The topological polar surface area (TPSA) is 47.7 Å². The summed E-state index contributed by atoms with van der Waals surface area (Å²) in [6, 6.07) is 0. The summed E-state index contributed by atoms with van der Waals surface area (Å²) in [6.45, 7) is 5.54. The van der Waals surface area contributed by atoms with Gasteiger partial charge >= 0.3 is 0 Å². The second-order valence-electron chi connectivity index (χ2n) is 4.40. The minimum absolute atomic E-state index is 0.516. The molecule has 0 aromatic rings. The largest absolute Gasteiger partial charge is 0.383 e. The van der Waals surface area contributed by atoms with Crippen LogP contribution in [0.15, 0.2) is 0 Å². The van der Waals surface area contributed by atoms with Crippen LogP contribution in [0, 0.1) is 0 Å². The van der Waals surface area contributed by atoms with Crippen LogP contribution < -0.4 is 5.73 Å². The van der Waals surface area contributed by atoms with Crippen molar-refractivity contribution in [1.29, 1.82) is 0 Å². The lowest BCUT2D eigenvalue weighted by Crippen LogP contribution is -2.33. The number of methoxy groups -OCH3 is 1. The molecule has 1 heterocycles. The number of hydrogen-bond donors (Lipinski definition) is 1. The van der Waals surface area contributed by atoms with Crippen LogP contribution in [0.4, 0.5) is 0 Å². The molecule has 0 radical (unpaired) electrons. The van der Waals surface area contributed by atoms with E-state index in [4.69, 9.17) is 15.2 Å². The summed E-state index contributed by atoms with van der Waals surface area (Å²) >= 11 is 0. The summed E-state index contributed by atoms with van der Waals surface area (Å²) < 4.78 is 10.7. The van der Waals surface area contributed by atoms with Crippen molar-refractivity contribution in [2.45, 2.75) is 31.8 Å². The van der Waals surface area contributed by atoms with Gasteiger partial charge in [-0.1, -0.05) is 0 Å². The van der Waals surface area contributed by atoms with Crippen LogP contribution in [0.3, 0.4) is 0 Å².